The molecule has 1 heterocycles. The average Bonchev–Trinajstić information content (AvgIpc) is 3.15. The van der Waals surface area contributed by atoms with E-state index in [9.17, 15) is 4.79 Å². The smallest absolute Gasteiger partial charge is 0.271 e. The highest BCUT2D eigenvalue weighted by atomic mass is 16.5. The first-order valence-corrected chi connectivity index (χ1v) is 8.85. The quantitative estimate of drug-likeness (QED) is 0.484. The summed E-state index contributed by atoms with van der Waals surface area (Å²) < 4.78 is 15.8. The van der Waals surface area contributed by atoms with E-state index in [0.29, 0.717) is 22.8 Å². The Morgan fingerprint density at radius 1 is 1.14 bits per heavy atom. The SMILES string of the molecule is CCc1cccc2c(C=NNC(=O)c3cc(OC)c(OC)c(OC)c3)c[nH]c12. The number of aromatic nitrogens is 1. The lowest BCUT2D eigenvalue weighted by atomic mass is 10.1. The zero-order valence-electron chi connectivity index (χ0n) is 16.3. The van der Waals surface area contributed by atoms with Gasteiger partial charge in [-0.15, -0.1) is 0 Å². The fourth-order valence-electron chi connectivity index (χ4n) is 3.08. The number of nitrogens with one attached hydrogen (secondary N) is 2. The van der Waals surface area contributed by atoms with Crippen LogP contribution in [0, 0.1) is 0 Å². The zero-order valence-corrected chi connectivity index (χ0v) is 16.3. The summed E-state index contributed by atoms with van der Waals surface area (Å²) in [5.74, 6) is 0.847. The molecule has 7 nitrogen and oxygen atoms in total. The number of nitrogens with zero attached hydrogens (tertiary/aromatic N) is 1. The van der Waals surface area contributed by atoms with E-state index in [1.165, 1.54) is 26.9 Å². The molecule has 1 aromatic heterocycles. The number of carbonyl (C=O) groups is 1. The number of methoxy groups -OCH3 is 3. The number of para-hydroxylation sites is 1. The molecule has 0 atom stereocenters. The lowest BCUT2D eigenvalue weighted by Crippen LogP contribution is -2.18. The number of amides is 1. The van der Waals surface area contributed by atoms with E-state index in [1.54, 1.807) is 18.3 Å². The summed E-state index contributed by atoms with van der Waals surface area (Å²) in [6.45, 7) is 2.11. The van der Waals surface area contributed by atoms with Gasteiger partial charge < -0.3 is 19.2 Å². The Kier molecular flexibility index (Phi) is 5.84. The van der Waals surface area contributed by atoms with Crippen LogP contribution in [0.1, 0.15) is 28.4 Å². The van der Waals surface area contributed by atoms with E-state index < -0.39 is 0 Å². The Hall–Kier alpha value is -3.48. The molecule has 2 aromatic carbocycles. The normalized spacial score (nSPS) is 11.0. The predicted octanol–water partition coefficient (Wildman–Crippen LogP) is 3.52. The summed E-state index contributed by atoms with van der Waals surface area (Å²) in [7, 11) is 4.51. The number of ether oxygens (including phenoxy) is 3. The second-order valence-corrected chi connectivity index (χ2v) is 6.05. The highest BCUT2D eigenvalue weighted by molar-refractivity contribution is 6.01. The first-order valence-electron chi connectivity index (χ1n) is 8.85. The second-order valence-electron chi connectivity index (χ2n) is 6.05. The lowest BCUT2D eigenvalue weighted by Gasteiger charge is -2.13. The molecule has 0 saturated carbocycles. The molecule has 7 heteroatoms. The van der Waals surface area contributed by atoms with Crippen LogP contribution < -0.4 is 19.6 Å². The number of hydrogen-bond donors (Lipinski definition) is 2. The average molecular weight is 381 g/mol. The van der Waals surface area contributed by atoms with Crippen molar-refractivity contribution >= 4 is 23.0 Å². The van der Waals surface area contributed by atoms with Crippen LogP contribution in [-0.2, 0) is 6.42 Å². The van der Waals surface area contributed by atoms with Crippen molar-refractivity contribution in [3.8, 4) is 17.2 Å². The summed E-state index contributed by atoms with van der Waals surface area (Å²) in [5, 5.41) is 5.15. The van der Waals surface area contributed by atoms with E-state index >= 15 is 0 Å². The second kappa shape index (κ2) is 8.47. The van der Waals surface area contributed by atoms with Crippen LogP contribution >= 0.6 is 0 Å². The van der Waals surface area contributed by atoms with Crippen molar-refractivity contribution in [2.24, 2.45) is 5.10 Å². The van der Waals surface area contributed by atoms with Gasteiger partial charge in [-0.05, 0) is 24.1 Å². The molecule has 0 aliphatic heterocycles. The van der Waals surface area contributed by atoms with E-state index in [4.69, 9.17) is 14.2 Å². The van der Waals surface area contributed by atoms with Crippen molar-refractivity contribution in [1.82, 2.24) is 10.4 Å². The molecular weight excluding hydrogens is 358 g/mol. The molecule has 0 bridgehead atoms. The molecule has 3 rings (SSSR count). The highest BCUT2D eigenvalue weighted by Crippen LogP contribution is 2.38. The molecule has 3 aromatic rings. The molecule has 2 N–H and O–H groups in total. The van der Waals surface area contributed by atoms with Gasteiger partial charge in [0.05, 0.1) is 27.5 Å². The van der Waals surface area contributed by atoms with Gasteiger partial charge in [0.2, 0.25) is 5.75 Å². The van der Waals surface area contributed by atoms with Crippen molar-refractivity contribution in [3.05, 3.63) is 53.2 Å². The molecular formula is C21H23N3O4. The standard InChI is InChI=1S/C21H23N3O4/c1-5-13-7-6-8-16-15(11-22-19(13)16)12-23-24-21(25)14-9-17(26-2)20(28-4)18(10-14)27-3/h6-12,22H,5H2,1-4H3,(H,24,25). The van der Waals surface area contributed by atoms with Crippen molar-refractivity contribution in [2.45, 2.75) is 13.3 Å². The molecule has 0 spiro atoms. The molecule has 146 valence electrons. The molecule has 0 aliphatic carbocycles. The number of aryl methyl sites for hydroxylation is 1. The van der Waals surface area contributed by atoms with Gasteiger partial charge in [0.1, 0.15) is 0 Å². The Morgan fingerprint density at radius 2 is 1.86 bits per heavy atom. The Balaban J connectivity index is 1.81. The van der Waals surface area contributed by atoms with Crippen LogP contribution in [0.2, 0.25) is 0 Å². The maximum atomic E-state index is 12.5. The van der Waals surface area contributed by atoms with Gasteiger partial charge in [0.15, 0.2) is 11.5 Å². The number of rotatable bonds is 7. The summed E-state index contributed by atoms with van der Waals surface area (Å²) in [5.41, 5.74) is 6.10. The predicted molar refractivity (Wildman–Crippen MR) is 109 cm³/mol. The van der Waals surface area contributed by atoms with Crippen LogP contribution in [0.5, 0.6) is 17.2 Å². The lowest BCUT2D eigenvalue weighted by molar-refractivity contribution is 0.0954. The monoisotopic (exact) mass is 381 g/mol. The maximum absolute atomic E-state index is 12.5. The Labute approximate surface area is 163 Å². The maximum Gasteiger partial charge on any atom is 0.271 e. The van der Waals surface area contributed by atoms with Crippen LogP contribution in [0.4, 0.5) is 0 Å². The number of H-pyrrole nitrogens is 1. The van der Waals surface area contributed by atoms with Crippen molar-refractivity contribution in [1.29, 1.82) is 0 Å². The zero-order chi connectivity index (χ0) is 20.1. The molecule has 1 amide bonds. The number of aromatic amines is 1. The Morgan fingerprint density at radius 3 is 2.46 bits per heavy atom. The number of fused-ring (bicyclic) bond motifs is 1. The van der Waals surface area contributed by atoms with Gasteiger partial charge >= 0.3 is 0 Å². The summed E-state index contributed by atoms with van der Waals surface area (Å²) in [6.07, 6.45) is 4.43. The summed E-state index contributed by atoms with van der Waals surface area (Å²) in [6, 6.07) is 9.27. The van der Waals surface area contributed by atoms with Gasteiger partial charge in [0, 0.05) is 28.2 Å². The fourth-order valence-corrected chi connectivity index (χ4v) is 3.08. The van der Waals surface area contributed by atoms with Gasteiger partial charge in [-0.25, -0.2) is 5.43 Å². The van der Waals surface area contributed by atoms with Crippen LogP contribution in [-0.4, -0.2) is 38.4 Å². The third-order valence-electron chi connectivity index (χ3n) is 4.51. The van der Waals surface area contributed by atoms with Crippen LogP contribution in [0.15, 0.2) is 41.6 Å². The first kappa shape index (κ1) is 19.3. The van der Waals surface area contributed by atoms with E-state index in [0.717, 1.165) is 22.9 Å². The number of benzene rings is 2. The summed E-state index contributed by atoms with van der Waals surface area (Å²) in [4.78, 5) is 15.8. The molecule has 0 radical (unpaired) electrons. The van der Waals surface area contributed by atoms with Crippen LogP contribution in [0.3, 0.4) is 0 Å². The minimum absolute atomic E-state index is 0.346. The molecule has 0 aliphatic rings. The van der Waals surface area contributed by atoms with Gasteiger partial charge in [-0.1, -0.05) is 25.1 Å². The van der Waals surface area contributed by atoms with E-state index in [1.807, 2.05) is 18.3 Å². The van der Waals surface area contributed by atoms with Gasteiger partial charge in [0.25, 0.3) is 5.91 Å². The minimum Gasteiger partial charge on any atom is -0.493 e. The van der Waals surface area contributed by atoms with Crippen LogP contribution in [0.25, 0.3) is 10.9 Å². The van der Waals surface area contributed by atoms with Crippen molar-refractivity contribution in [2.75, 3.05) is 21.3 Å². The third kappa shape index (κ3) is 3.64. The highest BCUT2D eigenvalue weighted by Gasteiger charge is 2.16. The first-order chi connectivity index (χ1) is 13.6. The third-order valence-corrected chi connectivity index (χ3v) is 4.51. The number of carbonyl (C=O) groups excluding carboxylic acids is 1. The number of hydrazone groups is 1. The van der Waals surface area contributed by atoms with Gasteiger partial charge in [-0.2, -0.15) is 5.10 Å². The fraction of sp³-hybridized carbons (Fsp3) is 0.238. The molecule has 0 saturated heterocycles. The molecule has 28 heavy (non-hydrogen) atoms. The van der Waals surface area contributed by atoms with Gasteiger partial charge in [-0.3, -0.25) is 4.79 Å². The molecule has 0 unspecified atom stereocenters. The number of hydrogen-bond acceptors (Lipinski definition) is 5. The van der Waals surface area contributed by atoms with E-state index in [-0.39, 0.29) is 5.91 Å². The van der Waals surface area contributed by atoms with Crippen molar-refractivity contribution in [3.63, 3.8) is 0 Å². The van der Waals surface area contributed by atoms with E-state index in [2.05, 4.69) is 28.5 Å². The summed E-state index contributed by atoms with van der Waals surface area (Å²) >= 11 is 0. The largest absolute Gasteiger partial charge is 0.493 e. The Bertz CT molecular complexity index is 999. The minimum atomic E-state index is -0.385. The topological polar surface area (TPSA) is 84.9 Å². The van der Waals surface area contributed by atoms with Crippen molar-refractivity contribution < 1.29 is 19.0 Å². The molecule has 0 fully saturated rings.